The first-order valence-electron chi connectivity index (χ1n) is 8.61. The van der Waals surface area contributed by atoms with E-state index in [-0.39, 0.29) is 22.8 Å². The van der Waals surface area contributed by atoms with E-state index >= 15 is 0 Å². The van der Waals surface area contributed by atoms with Crippen molar-refractivity contribution < 1.29 is 13.9 Å². The van der Waals surface area contributed by atoms with Gasteiger partial charge in [0.1, 0.15) is 17.8 Å². The molecule has 28 heavy (non-hydrogen) atoms. The summed E-state index contributed by atoms with van der Waals surface area (Å²) in [6.45, 7) is 2.06. The number of nitrogen functional groups attached to an aromatic ring is 1. The molecule has 1 heterocycles. The maximum absolute atomic E-state index is 14.5. The number of nitrogens with zero attached hydrogens (tertiary/aromatic N) is 2. The fraction of sp³-hybridized carbons (Fsp3) is 0.211. The average Bonchev–Trinajstić information content (AvgIpc) is 2.70. The van der Waals surface area contributed by atoms with Crippen LogP contribution >= 0.6 is 11.9 Å². The highest BCUT2D eigenvalue weighted by molar-refractivity contribution is 8.00. The van der Waals surface area contributed by atoms with Gasteiger partial charge in [0, 0.05) is 11.1 Å². The van der Waals surface area contributed by atoms with Crippen LogP contribution in [0.2, 0.25) is 0 Å². The molecule has 0 spiro atoms. The molecule has 0 atom stereocenters. The summed E-state index contributed by atoms with van der Waals surface area (Å²) in [5.41, 5.74) is 7.02. The van der Waals surface area contributed by atoms with Gasteiger partial charge in [0.2, 0.25) is 0 Å². The normalized spacial score (nSPS) is 10.7. The Hall–Kier alpha value is -3.07. The van der Waals surface area contributed by atoms with Crippen molar-refractivity contribution in [1.29, 1.82) is 0 Å². The van der Waals surface area contributed by atoms with Crippen LogP contribution in [0.15, 0.2) is 36.7 Å². The highest BCUT2D eigenvalue weighted by Crippen LogP contribution is 2.37. The minimum Gasteiger partial charge on any atom is -0.492 e. The van der Waals surface area contributed by atoms with Crippen molar-refractivity contribution in [2.24, 2.45) is 0 Å². The molecule has 2 aromatic carbocycles. The van der Waals surface area contributed by atoms with E-state index < -0.39 is 11.7 Å². The van der Waals surface area contributed by atoms with Crippen LogP contribution in [-0.2, 0) is 0 Å². The van der Waals surface area contributed by atoms with Crippen molar-refractivity contribution >= 4 is 46.0 Å². The molecule has 146 valence electrons. The van der Waals surface area contributed by atoms with Gasteiger partial charge in [0.15, 0.2) is 11.6 Å². The molecule has 0 aliphatic carbocycles. The van der Waals surface area contributed by atoms with Crippen molar-refractivity contribution in [2.75, 3.05) is 28.6 Å². The third-order valence-electron chi connectivity index (χ3n) is 3.98. The second-order valence-electron chi connectivity index (χ2n) is 5.87. The maximum atomic E-state index is 14.5. The number of carbonyl (C=O) groups is 1. The Balaban J connectivity index is 1.96. The van der Waals surface area contributed by atoms with Gasteiger partial charge >= 0.3 is 0 Å². The Morgan fingerprint density at radius 2 is 2.11 bits per heavy atom. The van der Waals surface area contributed by atoms with E-state index in [1.807, 2.05) is 0 Å². The van der Waals surface area contributed by atoms with E-state index in [2.05, 4.69) is 26.9 Å². The molecule has 0 aliphatic heterocycles. The maximum Gasteiger partial charge on any atom is 0.258 e. The summed E-state index contributed by atoms with van der Waals surface area (Å²) in [6.07, 6.45) is 2.27. The average molecular weight is 401 g/mol. The molecule has 1 amide bonds. The number of hydrogen-bond donors (Lipinski definition) is 3. The van der Waals surface area contributed by atoms with Crippen LogP contribution in [0.25, 0.3) is 10.9 Å². The number of fused-ring (bicyclic) bond motifs is 1. The Kier molecular flexibility index (Phi) is 6.15. The fourth-order valence-corrected chi connectivity index (χ4v) is 3.29. The predicted molar refractivity (Wildman–Crippen MR) is 111 cm³/mol. The molecule has 0 fully saturated rings. The van der Waals surface area contributed by atoms with E-state index in [4.69, 9.17) is 10.5 Å². The molecule has 0 aliphatic rings. The van der Waals surface area contributed by atoms with Gasteiger partial charge in [-0.2, -0.15) is 0 Å². The molecule has 3 aromatic rings. The number of nitrogens with one attached hydrogen (secondary N) is 2. The zero-order chi connectivity index (χ0) is 20.1. The van der Waals surface area contributed by atoms with Crippen molar-refractivity contribution in [2.45, 2.75) is 13.3 Å². The SMILES string of the molecule is CCCSNc1ccc(F)c(NC(=O)c2cccc3c(N)ncnc23)c1OC. The Morgan fingerprint density at radius 3 is 2.86 bits per heavy atom. The van der Waals surface area contributed by atoms with Crippen LogP contribution in [0.3, 0.4) is 0 Å². The van der Waals surface area contributed by atoms with Crippen LogP contribution in [0.5, 0.6) is 5.75 Å². The van der Waals surface area contributed by atoms with Gasteiger partial charge in [0.05, 0.1) is 23.9 Å². The van der Waals surface area contributed by atoms with Crippen molar-refractivity contribution in [1.82, 2.24) is 9.97 Å². The van der Waals surface area contributed by atoms with Crippen LogP contribution in [-0.4, -0.2) is 28.7 Å². The van der Waals surface area contributed by atoms with Gasteiger partial charge in [-0.3, -0.25) is 4.79 Å². The standard InChI is InChI=1S/C19H20FN5O2S/c1-3-9-28-25-14-8-7-13(20)16(17(14)27-2)24-19(26)12-6-4-5-11-15(12)22-10-23-18(11)21/h4-8,10,25H,3,9H2,1-2H3,(H,24,26)(H2,21,22,23). The lowest BCUT2D eigenvalue weighted by atomic mass is 10.1. The number of anilines is 3. The summed E-state index contributed by atoms with van der Waals surface area (Å²) >= 11 is 1.47. The molecule has 7 nitrogen and oxygen atoms in total. The van der Waals surface area contributed by atoms with Crippen LogP contribution in [0.4, 0.5) is 21.6 Å². The van der Waals surface area contributed by atoms with Gasteiger partial charge in [-0.15, -0.1) is 0 Å². The van der Waals surface area contributed by atoms with E-state index in [0.29, 0.717) is 16.6 Å². The minimum atomic E-state index is -0.606. The van der Waals surface area contributed by atoms with Gasteiger partial charge in [-0.05, 0) is 30.7 Å². The lowest BCUT2D eigenvalue weighted by Crippen LogP contribution is -2.15. The summed E-state index contributed by atoms with van der Waals surface area (Å²) in [4.78, 5) is 20.9. The molecule has 0 bridgehead atoms. The van der Waals surface area contributed by atoms with Crippen LogP contribution in [0, 0.1) is 5.82 Å². The lowest BCUT2D eigenvalue weighted by Gasteiger charge is -2.16. The topological polar surface area (TPSA) is 102 Å². The first-order chi connectivity index (χ1) is 13.6. The third kappa shape index (κ3) is 3.94. The number of methoxy groups -OCH3 is 1. The number of hydrogen-bond acceptors (Lipinski definition) is 7. The number of benzene rings is 2. The summed E-state index contributed by atoms with van der Waals surface area (Å²) in [5, 5.41) is 3.15. The quantitative estimate of drug-likeness (QED) is 0.405. The first-order valence-corrected chi connectivity index (χ1v) is 9.60. The molecule has 0 saturated heterocycles. The second-order valence-corrected chi connectivity index (χ2v) is 6.77. The summed E-state index contributed by atoms with van der Waals surface area (Å²) in [5.74, 6) is 0.220. The molecular formula is C19H20FN5O2S. The summed E-state index contributed by atoms with van der Waals surface area (Å²) in [7, 11) is 1.42. The molecule has 9 heteroatoms. The smallest absolute Gasteiger partial charge is 0.258 e. The van der Waals surface area contributed by atoms with Gasteiger partial charge in [-0.25, -0.2) is 14.4 Å². The molecule has 0 unspecified atom stereocenters. The molecule has 0 radical (unpaired) electrons. The number of ether oxygens (including phenoxy) is 1. The predicted octanol–water partition coefficient (Wildman–Crippen LogP) is 4.08. The van der Waals surface area contributed by atoms with Gasteiger partial charge < -0.3 is 20.5 Å². The van der Waals surface area contributed by atoms with E-state index in [0.717, 1.165) is 12.2 Å². The largest absolute Gasteiger partial charge is 0.492 e. The zero-order valence-electron chi connectivity index (χ0n) is 15.5. The number of para-hydroxylation sites is 1. The zero-order valence-corrected chi connectivity index (χ0v) is 16.3. The first kappa shape index (κ1) is 19.7. The summed E-state index contributed by atoms with van der Waals surface area (Å²) < 4.78 is 23.0. The lowest BCUT2D eigenvalue weighted by molar-refractivity contribution is 0.102. The van der Waals surface area contributed by atoms with Crippen molar-refractivity contribution in [3.8, 4) is 5.75 Å². The molecule has 3 rings (SSSR count). The second kappa shape index (κ2) is 8.75. The number of nitrogens with two attached hydrogens (primary N) is 1. The summed E-state index contributed by atoms with van der Waals surface area (Å²) in [6, 6.07) is 7.82. The molecule has 4 N–H and O–H groups in total. The van der Waals surface area contributed by atoms with Crippen LogP contribution in [0.1, 0.15) is 23.7 Å². The fourth-order valence-electron chi connectivity index (χ4n) is 2.67. The Labute approximate surface area is 166 Å². The van der Waals surface area contributed by atoms with E-state index in [1.54, 1.807) is 24.3 Å². The molecular weight excluding hydrogens is 381 g/mol. The minimum absolute atomic E-state index is 0.0476. The van der Waals surface area contributed by atoms with Crippen molar-refractivity contribution in [3.63, 3.8) is 0 Å². The monoisotopic (exact) mass is 401 g/mol. The van der Waals surface area contributed by atoms with E-state index in [9.17, 15) is 9.18 Å². The number of aromatic nitrogens is 2. The number of amides is 1. The van der Waals surface area contributed by atoms with Gasteiger partial charge in [-0.1, -0.05) is 24.9 Å². The molecule has 0 saturated carbocycles. The number of rotatable bonds is 7. The highest BCUT2D eigenvalue weighted by atomic mass is 32.2. The Morgan fingerprint density at radius 1 is 1.29 bits per heavy atom. The van der Waals surface area contributed by atoms with Crippen molar-refractivity contribution in [3.05, 3.63) is 48.0 Å². The molecule has 1 aromatic heterocycles. The number of carbonyl (C=O) groups excluding carboxylic acids is 1. The number of halogens is 1. The Bertz CT molecular complexity index is 1020. The third-order valence-corrected chi connectivity index (χ3v) is 4.95. The van der Waals surface area contributed by atoms with Gasteiger partial charge in [0.25, 0.3) is 5.91 Å². The van der Waals surface area contributed by atoms with E-state index in [1.165, 1.54) is 31.5 Å². The highest BCUT2D eigenvalue weighted by Gasteiger charge is 2.20. The van der Waals surface area contributed by atoms with Crippen LogP contribution < -0.4 is 20.5 Å².